The Hall–Kier alpha value is -2.13. The minimum absolute atomic E-state index is 0.00753. The smallest absolute Gasteiger partial charge is 0.341 e. The van der Waals surface area contributed by atoms with Crippen molar-refractivity contribution in [2.24, 2.45) is 0 Å². The van der Waals surface area contributed by atoms with E-state index in [2.05, 4.69) is 10.6 Å². The number of thiophene rings is 1. The number of piperazine rings is 1. The standard InChI is InChI=1S/C17H24N4O4S/c1-3-25-16(23)14-12-4-7-21(11(2)22)10-13(12)26-15(14)19-17(24)20-8-5-18-6-9-20/h18H,3-10H2,1-2H3,(H,19,24). The van der Waals surface area contributed by atoms with Crippen molar-refractivity contribution in [3.8, 4) is 0 Å². The molecular weight excluding hydrogens is 356 g/mol. The number of anilines is 1. The van der Waals surface area contributed by atoms with Gasteiger partial charge in [-0.15, -0.1) is 11.3 Å². The number of carbonyl (C=O) groups excluding carboxylic acids is 3. The number of amides is 3. The number of nitrogens with zero attached hydrogens (tertiary/aromatic N) is 2. The van der Waals surface area contributed by atoms with Gasteiger partial charge in [0.25, 0.3) is 0 Å². The molecule has 142 valence electrons. The summed E-state index contributed by atoms with van der Waals surface area (Å²) in [6.45, 7) is 7.37. The largest absolute Gasteiger partial charge is 0.462 e. The number of nitrogens with one attached hydrogen (secondary N) is 2. The highest BCUT2D eigenvalue weighted by Gasteiger charge is 2.31. The highest BCUT2D eigenvalue weighted by molar-refractivity contribution is 7.17. The molecule has 9 heteroatoms. The maximum atomic E-state index is 12.6. The lowest BCUT2D eigenvalue weighted by molar-refractivity contribution is -0.129. The molecule has 2 aliphatic heterocycles. The summed E-state index contributed by atoms with van der Waals surface area (Å²) in [5, 5.41) is 6.61. The van der Waals surface area contributed by atoms with Crippen LogP contribution < -0.4 is 10.6 Å². The highest BCUT2D eigenvalue weighted by atomic mass is 32.1. The fraction of sp³-hybridized carbons (Fsp3) is 0.588. The lowest BCUT2D eigenvalue weighted by Gasteiger charge is -2.27. The summed E-state index contributed by atoms with van der Waals surface area (Å²) in [5.41, 5.74) is 1.33. The van der Waals surface area contributed by atoms with Gasteiger partial charge >= 0.3 is 12.0 Å². The molecule has 0 unspecified atom stereocenters. The molecule has 0 radical (unpaired) electrons. The zero-order valence-electron chi connectivity index (χ0n) is 15.1. The third-order valence-electron chi connectivity index (χ3n) is 4.61. The Balaban J connectivity index is 1.87. The lowest BCUT2D eigenvalue weighted by atomic mass is 10.0. The second kappa shape index (κ2) is 8.05. The van der Waals surface area contributed by atoms with E-state index in [0.717, 1.165) is 23.5 Å². The average Bonchev–Trinajstić information content (AvgIpc) is 2.99. The van der Waals surface area contributed by atoms with Gasteiger partial charge in [-0.2, -0.15) is 0 Å². The first-order valence-electron chi connectivity index (χ1n) is 8.85. The first-order valence-corrected chi connectivity index (χ1v) is 9.66. The number of hydrogen-bond acceptors (Lipinski definition) is 6. The molecule has 0 aliphatic carbocycles. The molecule has 0 bridgehead atoms. The Labute approximate surface area is 156 Å². The Morgan fingerprint density at radius 2 is 1.92 bits per heavy atom. The van der Waals surface area contributed by atoms with Gasteiger partial charge in [0.1, 0.15) is 5.00 Å². The highest BCUT2D eigenvalue weighted by Crippen LogP contribution is 2.37. The van der Waals surface area contributed by atoms with Gasteiger partial charge in [-0.3, -0.25) is 10.1 Å². The van der Waals surface area contributed by atoms with Crippen molar-refractivity contribution in [2.75, 3.05) is 44.6 Å². The molecule has 1 saturated heterocycles. The Morgan fingerprint density at radius 1 is 1.19 bits per heavy atom. The van der Waals surface area contributed by atoms with E-state index in [1.807, 2.05) is 0 Å². The molecule has 0 atom stereocenters. The fourth-order valence-electron chi connectivity index (χ4n) is 3.22. The Morgan fingerprint density at radius 3 is 2.58 bits per heavy atom. The summed E-state index contributed by atoms with van der Waals surface area (Å²) >= 11 is 1.36. The van der Waals surface area contributed by atoms with Crippen LogP contribution in [0.25, 0.3) is 0 Å². The zero-order valence-corrected chi connectivity index (χ0v) is 15.9. The molecule has 3 heterocycles. The minimum Gasteiger partial charge on any atom is -0.462 e. The van der Waals surface area contributed by atoms with E-state index in [1.54, 1.807) is 16.7 Å². The summed E-state index contributed by atoms with van der Waals surface area (Å²) < 4.78 is 5.21. The van der Waals surface area contributed by atoms with Crippen LogP contribution in [0.15, 0.2) is 0 Å². The van der Waals surface area contributed by atoms with Crippen molar-refractivity contribution >= 4 is 34.2 Å². The third kappa shape index (κ3) is 3.83. The van der Waals surface area contributed by atoms with Crippen LogP contribution >= 0.6 is 11.3 Å². The van der Waals surface area contributed by atoms with E-state index in [9.17, 15) is 14.4 Å². The van der Waals surface area contributed by atoms with E-state index in [1.165, 1.54) is 18.3 Å². The van der Waals surface area contributed by atoms with E-state index in [0.29, 0.717) is 43.2 Å². The topological polar surface area (TPSA) is 91.0 Å². The second-order valence-corrected chi connectivity index (χ2v) is 7.39. The molecule has 0 aromatic carbocycles. The molecule has 1 aromatic rings. The monoisotopic (exact) mass is 380 g/mol. The SMILES string of the molecule is CCOC(=O)c1c(NC(=O)N2CCNCC2)sc2c1CCN(C(C)=O)C2. The number of esters is 1. The fourth-order valence-corrected chi connectivity index (χ4v) is 4.46. The van der Waals surface area contributed by atoms with Crippen LogP contribution in [0.1, 0.15) is 34.6 Å². The van der Waals surface area contributed by atoms with Gasteiger partial charge in [-0.1, -0.05) is 0 Å². The molecule has 26 heavy (non-hydrogen) atoms. The average molecular weight is 380 g/mol. The molecule has 1 fully saturated rings. The number of ether oxygens (including phenoxy) is 1. The molecule has 2 aliphatic rings. The predicted molar refractivity (Wildman–Crippen MR) is 98.5 cm³/mol. The van der Waals surface area contributed by atoms with Crippen molar-refractivity contribution < 1.29 is 19.1 Å². The summed E-state index contributed by atoms with van der Waals surface area (Å²) in [4.78, 5) is 41.2. The number of urea groups is 1. The Bertz CT molecular complexity index is 712. The lowest BCUT2D eigenvalue weighted by Crippen LogP contribution is -2.48. The predicted octanol–water partition coefficient (Wildman–Crippen LogP) is 1.27. The van der Waals surface area contributed by atoms with Gasteiger partial charge in [0.05, 0.1) is 18.7 Å². The van der Waals surface area contributed by atoms with Gasteiger partial charge in [-0.05, 0) is 18.9 Å². The van der Waals surface area contributed by atoms with Crippen LogP contribution in [-0.2, 0) is 22.5 Å². The number of hydrogen-bond donors (Lipinski definition) is 2. The van der Waals surface area contributed by atoms with Crippen LogP contribution in [0, 0.1) is 0 Å². The minimum atomic E-state index is -0.420. The van der Waals surface area contributed by atoms with E-state index in [-0.39, 0.29) is 18.5 Å². The van der Waals surface area contributed by atoms with E-state index >= 15 is 0 Å². The van der Waals surface area contributed by atoms with Crippen LogP contribution in [0.4, 0.5) is 9.80 Å². The molecule has 0 saturated carbocycles. The normalized spacial score (nSPS) is 16.8. The van der Waals surface area contributed by atoms with Gasteiger partial charge in [0.15, 0.2) is 0 Å². The van der Waals surface area contributed by atoms with Gasteiger partial charge in [-0.25, -0.2) is 9.59 Å². The summed E-state index contributed by atoms with van der Waals surface area (Å²) in [5.74, 6) is -0.412. The Kier molecular flexibility index (Phi) is 5.77. The maximum absolute atomic E-state index is 12.6. The van der Waals surface area contributed by atoms with Crippen LogP contribution in [-0.4, -0.2) is 67.0 Å². The van der Waals surface area contributed by atoms with Gasteiger partial charge in [0, 0.05) is 44.5 Å². The number of carbonyl (C=O) groups is 3. The molecule has 0 spiro atoms. The van der Waals surface area contributed by atoms with E-state index < -0.39 is 5.97 Å². The van der Waals surface area contributed by atoms with E-state index in [4.69, 9.17) is 4.74 Å². The zero-order chi connectivity index (χ0) is 18.7. The van der Waals surface area contributed by atoms with Crippen LogP contribution in [0.3, 0.4) is 0 Å². The second-order valence-electron chi connectivity index (χ2n) is 6.29. The summed E-state index contributed by atoms with van der Waals surface area (Å²) in [7, 11) is 0. The van der Waals surface area contributed by atoms with Crippen molar-refractivity contribution in [1.29, 1.82) is 0 Å². The summed E-state index contributed by atoms with van der Waals surface area (Å²) in [6.07, 6.45) is 0.586. The summed E-state index contributed by atoms with van der Waals surface area (Å²) in [6, 6.07) is -0.209. The quantitative estimate of drug-likeness (QED) is 0.771. The molecular formula is C17H24N4O4S. The molecule has 2 N–H and O–H groups in total. The van der Waals surface area contributed by atoms with Crippen molar-refractivity contribution in [2.45, 2.75) is 26.8 Å². The van der Waals surface area contributed by atoms with Crippen molar-refractivity contribution in [3.05, 3.63) is 16.0 Å². The molecule has 1 aromatic heterocycles. The van der Waals surface area contributed by atoms with Crippen molar-refractivity contribution in [3.63, 3.8) is 0 Å². The van der Waals surface area contributed by atoms with Crippen LogP contribution in [0.5, 0.6) is 0 Å². The molecule has 8 nitrogen and oxygen atoms in total. The van der Waals surface area contributed by atoms with Gasteiger partial charge in [0.2, 0.25) is 5.91 Å². The maximum Gasteiger partial charge on any atom is 0.341 e. The number of rotatable bonds is 3. The van der Waals surface area contributed by atoms with Crippen molar-refractivity contribution in [1.82, 2.24) is 15.1 Å². The van der Waals surface area contributed by atoms with Gasteiger partial charge < -0.3 is 19.9 Å². The number of fused-ring (bicyclic) bond motifs is 1. The third-order valence-corrected chi connectivity index (χ3v) is 5.74. The van der Waals surface area contributed by atoms with Crippen LogP contribution in [0.2, 0.25) is 0 Å². The molecule has 3 amide bonds. The molecule has 3 rings (SSSR count). The first kappa shape index (κ1) is 18.7. The first-order chi connectivity index (χ1) is 12.5.